The number of hydrogen-bond donors (Lipinski definition) is 3. The molecule has 0 unspecified atom stereocenters. The molecule has 1 atom stereocenters. The van der Waals surface area contributed by atoms with Crippen LogP contribution in [0.25, 0.3) is 10.9 Å². The molecule has 0 saturated heterocycles. The highest BCUT2D eigenvalue weighted by molar-refractivity contribution is 5.90. The molecule has 0 aliphatic heterocycles. The van der Waals surface area contributed by atoms with Gasteiger partial charge in [0.1, 0.15) is 5.75 Å². The van der Waals surface area contributed by atoms with Gasteiger partial charge in [0.25, 0.3) is 0 Å². The molecule has 0 spiro atoms. The zero-order chi connectivity index (χ0) is 11.0. The molecule has 0 bridgehead atoms. The zero-order valence-corrected chi connectivity index (χ0v) is 8.32. The number of nitrogens with two attached hydrogens (primary N) is 1. The Bertz CT molecular complexity index is 516. The second-order valence-electron chi connectivity index (χ2n) is 3.53. The summed E-state index contributed by atoms with van der Waals surface area (Å²) in [5, 5.41) is 10.6. The van der Waals surface area contributed by atoms with E-state index in [2.05, 4.69) is 4.98 Å². The molecular weight excluding hydrogens is 192 g/mol. The lowest BCUT2D eigenvalue weighted by Gasteiger charge is -2.10. The van der Waals surface area contributed by atoms with Gasteiger partial charge in [-0.3, -0.25) is 4.79 Å². The minimum absolute atomic E-state index is 0.0800. The van der Waals surface area contributed by atoms with E-state index in [1.54, 1.807) is 24.4 Å². The SMILES string of the molecule is CC(=O)[C@@H](N)c1ccc2[nH]ccc2c1O. The maximum Gasteiger partial charge on any atom is 0.151 e. The first-order valence-corrected chi connectivity index (χ1v) is 4.66. The number of carbonyl (C=O) groups excluding carboxylic acids is 1. The maximum atomic E-state index is 11.1. The van der Waals surface area contributed by atoms with Gasteiger partial charge in [0, 0.05) is 22.7 Å². The van der Waals surface area contributed by atoms with Crippen LogP contribution in [-0.4, -0.2) is 15.9 Å². The largest absolute Gasteiger partial charge is 0.507 e. The molecule has 4 N–H and O–H groups in total. The number of fused-ring (bicyclic) bond motifs is 1. The molecule has 0 fully saturated rings. The normalized spacial score (nSPS) is 12.9. The number of aromatic nitrogens is 1. The van der Waals surface area contributed by atoms with Crippen molar-refractivity contribution in [2.45, 2.75) is 13.0 Å². The average molecular weight is 204 g/mol. The molecule has 0 aliphatic carbocycles. The summed E-state index contributed by atoms with van der Waals surface area (Å²) in [5.41, 5.74) is 6.97. The Balaban J connectivity index is 2.62. The van der Waals surface area contributed by atoms with Gasteiger partial charge in [-0.15, -0.1) is 0 Å². The average Bonchev–Trinajstić information content (AvgIpc) is 2.66. The fourth-order valence-corrected chi connectivity index (χ4v) is 1.60. The lowest BCUT2D eigenvalue weighted by atomic mass is 10.0. The van der Waals surface area contributed by atoms with Crippen LogP contribution in [0.4, 0.5) is 0 Å². The molecule has 2 rings (SSSR count). The quantitative estimate of drug-likeness (QED) is 0.692. The molecule has 1 aromatic carbocycles. The minimum atomic E-state index is -0.760. The smallest absolute Gasteiger partial charge is 0.151 e. The van der Waals surface area contributed by atoms with Gasteiger partial charge in [-0.25, -0.2) is 0 Å². The van der Waals surface area contributed by atoms with Crippen molar-refractivity contribution in [3.8, 4) is 5.75 Å². The van der Waals surface area contributed by atoms with Crippen LogP contribution in [-0.2, 0) is 4.79 Å². The van der Waals surface area contributed by atoms with Gasteiger partial charge in [0.05, 0.1) is 6.04 Å². The number of ketones is 1. The molecule has 2 aromatic rings. The molecule has 0 radical (unpaired) electrons. The summed E-state index contributed by atoms with van der Waals surface area (Å²) >= 11 is 0. The fourth-order valence-electron chi connectivity index (χ4n) is 1.60. The number of H-pyrrole nitrogens is 1. The molecule has 1 aromatic heterocycles. The molecule has 1 heterocycles. The van der Waals surface area contributed by atoms with Crippen molar-refractivity contribution >= 4 is 16.7 Å². The van der Waals surface area contributed by atoms with E-state index < -0.39 is 6.04 Å². The predicted octanol–water partition coefficient (Wildman–Crippen LogP) is 1.46. The Kier molecular flexibility index (Phi) is 2.21. The summed E-state index contributed by atoms with van der Waals surface area (Å²) in [6.07, 6.45) is 1.73. The Morgan fingerprint density at radius 1 is 1.47 bits per heavy atom. The van der Waals surface area contributed by atoms with E-state index in [9.17, 15) is 9.90 Å². The summed E-state index contributed by atoms with van der Waals surface area (Å²) in [6, 6.07) is 4.46. The van der Waals surface area contributed by atoms with Gasteiger partial charge >= 0.3 is 0 Å². The van der Waals surface area contributed by atoms with Crippen LogP contribution >= 0.6 is 0 Å². The van der Waals surface area contributed by atoms with Crippen molar-refractivity contribution in [2.75, 3.05) is 0 Å². The highest BCUT2D eigenvalue weighted by Gasteiger charge is 2.17. The van der Waals surface area contributed by atoms with E-state index >= 15 is 0 Å². The number of hydrogen-bond acceptors (Lipinski definition) is 3. The summed E-state index contributed by atoms with van der Waals surface area (Å²) in [7, 11) is 0. The predicted molar refractivity (Wildman–Crippen MR) is 57.6 cm³/mol. The lowest BCUT2D eigenvalue weighted by molar-refractivity contribution is -0.118. The second-order valence-corrected chi connectivity index (χ2v) is 3.53. The van der Waals surface area contributed by atoms with Crippen LogP contribution < -0.4 is 5.73 Å². The molecule has 0 aliphatic rings. The van der Waals surface area contributed by atoms with Gasteiger partial charge in [-0.05, 0) is 19.1 Å². The third kappa shape index (κ3) is 1.49. The van der Waals surface area contributed by atoms with Gasteiger partial charge < -0.3 is 15.8 Å². The Morgan fingerprint density at radius 3 is 2.87 bits per heavy atom. The maximum absolute atomic E-state index is 11.1. The van der Waals surface area contributed by atoms with Crippen LogP contribution in [0.1, 0.15) is 18.5 Å². The Hall–Kier alpha value is -1.81. The molecular formula is C11H12N2O2. The van der Waals surface area contributed by atoms with Crippen molar-refractivity contribution in [1.29, 1.82) is 0 Å². The second kappa shape index (κ2) is 3.40. The molecule has 15 heavy (non-hydrogen) atoms. The molecule has 0 amide bonds. The van der Waals surface area contributed by atoms with Crippen LogP contribution in [0.5, 0.6) is 5.75 Å². The van der Waals surface area contributed by atoms with E-state index in [0.717, 1.165) is 5.52 Å². The van der Waals surface area contributed by atoms with Crippen LogP contribution in [0.15, 0.2) is 24.4 Å². The van der Waals surface area contributed by atoms with Crippen LogP contribution in [0.2, 0.25) is 0 Å². The third-order valence-electron chi connectivity index (χ3n) is 2.51. The van der Waals surface area contributed by atoms with E-state index in [0.29, 0.717) is 10.9 Å². The van der Waals surface area contributed by atoms with Crippen molar-refractivity contribution in [1.82, 2.24) is 4.98 Å². The van der Waals surface area contributed by atoms with Crippen molar-refractivity contribution in [2.24, 2.45) is 5.73 Å². The molecule has 0 saturated carbocycles. The number of Topliss-reactive ketones (excluding diaryl/α,β-unsaturated/α-hetero) is 1. The molecule has 78 valence electrons. The number of nitrogens with one attached hydrogen (secondary N) is 1. The van der Waals surface area contributed by atoms with Crippen molar-refractivity contribution < 1.29 is 9.90 Å². The van der Waals surface area contributed by atoms with Crippen molar-refractivity contribution in [3.63, 3.8) is 0 Å². The first-order valence-electron chi connectivity index (χ1n) is 4.66. The number of aromatic amines is 1. The van der Waals surface area contributed by atoms with E-state index in [-0.39, 0.29) is 11.5 Å². The Labute approximate surface area is 86.7 Å². The number of carbonyl (C=O) groups is 1. The Morgan fingerprint density at radius 2 is 2.20 bits per heavy atom. The highest BCUT2D eigenvalue weighted by Crippen LogP contribution is 2.31. The standard InChI is InChI=1S/C11H12N2O2/c1-6(14)10(12)8-2-3-9-7(11(8)15)4-5-13-9/h2-5,10,13,15H,12H2,1H3/t10-/m1/s1. The molecule has 4 nitrogen and oxygen atoms in total. The first-order chi connectivity index (χ1) is 7.11. The van der Waals surface area contributed by atoms with Gasteiger partial charge in [-0.2, -0.15) is 0 Å². The number of phenolic OH excluding ortho intramolecular Hbond substituents is 1. The summed E-state index contributed by atoms with van der Waals surface area (Å²) < 4.78 is 0. The first kappa shape index (κ1) is 9.73. The lowest BCUT2D eigenvalue weighted by Crippen LogP contribution is -2.18. The van der Waals surface area contributed by atoms with Gasteiger partial charge in [0.15, 0.2) is 5.78 Å². The van der Waals surface area contributed by atoms with E-state index in [1.807, 2.05) is 0 Å². The monoisotopic (exact) mass is 204 g/mol. The van der Waals surface area contributed by atoms with Gasteiger partial charge in [-0.1, -0.05) is 6.07 Å². The van der Waals surface area contributed by atoms with E-state index in [4.69, 9.17) is 5.73 Å². The van der Waals surface area contributed by atoms with Gasteiger partial charge in [0.2, 0.25) is 0 Å². The van der Waals surface area contributed by atoms with Crippen LogP contribution in [0.3, 0.4) is 0 Å². The molecule has 4 heteroatoms. The summed E-state index contributed by atoms with van der Waals surface area (Å²) in [5.74, 6) is -0.0864. The fraction of sp³-hybridized carbons (Fsp3) is 0.182. The number of rotatable bonds is 2. The number of phenols is 1. The summed E-state index contributed by atoms with van der Waals surface area (Å²) in [6.45, 7) is 1.41. The van der Waals surface area contributed by atoms with E-state index in [1.165, 1.54) is 6.92 Å². The highest BCUT2D eigenvalue weighted by atomic mass is 16.3. The third-order valence-corrected chi connectivity index (χ3v) is 2.51. The van der Waals surface area contributed by atoms with Crippen molar-refractivity contribution in [3.05, 3.63) is 30.0 Å². The summed E-state index contributed by atoms with van der Waals surface area (Å²) in [4.78, 5) is 14.1. The zero-order valence-electron chi connectivity index (χ0n) is 8.32. The number of aromatic hydroxyl groups is 1. The topological polar surface area (TPSA) is 79.1 Å². The van der Waals surface area contributed by atoms with Crippen LogP contribution in [0, 0.1) is 0 Å². The number of benzene rings is 1. The minimum Gasteiger partial charge on any atom is -0.507 e.